The number of benzene rings is 6. The van der Waals surface area contributed by atoms with Crippen LogP contribution in [0.2, 0.25) is 0 Å². The molecule has 0 fully saturated rings. The molecule has 44 heavy (non-hydrogen) atoms. The van der Waals surface area contributed by atoms with Gasteiger partial charge in [0.15, 0.2) is 11.6 Å². The van der Waals surface area contributed by atoms with E-state index >= 15 is 0 Å². The summed E-state index contributed by atoms with van der Waals surface area (Å²) in [6.07, 6.45) is 0. The maximum atomic E-state index is 5.12. The van der Waals surface area contributed by atoms with Crippen LogP contribution in [0.1, 0.15) is 0 Å². The van der Waals surface area contributed by atoms with E-state index in [9.17, 15) is 0 Å². The lowest BCUT2D eigenvalue weighted by Gasteiger charge is -2.11. The Morgan fingerprint density at radius 1 is 0.364 bits per heavy atom. The van der Waals surface area contributed by atoms with Gasteiger partial charge in [-0.2, -0.15) is 9.97 Å². The Morgan fingerprint density at radius 3 is 1.57 bits per heavy atom. The molecule has 0 unspecified atom stereocenters. The molecule has 0 bridgehead atoms. The Labute approximate surface area is 251 Å². The Bertz CT molecular complexity index is 2650. The van der Waals surface area contributed by atoms with Crippen LogP contribution in [0.15, 0.2) is 140 Å². The summed E-state index contributed by atoms with van der Waals surface area (Å²) in [6.45, 7) is 0. The molecule has 4 heterocycles. The fourth-order valence-electron chi connectivity index (χ4n) is 7.00. The van der Waals surface area contributed by atoms with Gasteiger partial charge < -0.3 is 4.40 Å². The van der Waals surface area contributed by atoms with Crippen molar-refractivity contribution in [2.45, 2.75) is 0 Å². The van der Waals surface area contributed by atoms with Crippen LogP contribution < -0.4 is 0 Å². The molecule has 5 heteroatoms. The van der Waals surface area contributed by atoms with Gasteiger partial charge >= 0.3 is 0 Å². The number of hydrogen-bond acceptors (Lipinski definition) is 3. The lowest BCUT2D eigenvalue weighted by atomic mass is 10.1. The second kappa shape index (κ2) is 8.72. The summed E-state index contributed by atoms with van der Waals surface area (Å²) in [5, 5.41) is 7.41. The summed E-state index contributed by atoms with van der Waals surface area (Å²) in [4.78, 5) is 15.2. The molecule has 10 aromatic rings. The van der Waals surface area contributed by atoms with Gasteiger partial charge in [0.25, 0.3) is 0 Å². The zero-order chi connectivity index (χ0) is 28.8. The first-order chi connectivity index (χ1) is 21.8. The summed E-state index contributed by atoms with van der Waals surface area (Å²) in [7, 11) is 0. The van der Waals surface area contributed by atoms with Crippen molar-refractivity contribution in [2.24, 2.45) is 0 Å². The minimum atomic E-state index is 0.599. The molecule has 0 amide bonds. The van der Waals surface area contributed by atoms with Crippen LogP contribution in [-0.4, -0.2) is 23.9 Å². The fraction of sp³-hybridized carbons (Fsp3) is 0. The van der Waals surface area contributed by atoms with Crippen molar-refractivity contribution in [3.8, 4) is 28.7 Å². The van der Waals surface area contributed by atoms with Gasteiger partial charge in [0.05, 0.1) is 27.6 Å². The molecule has 4 aromatic heterocycles. The standard InChI is InChI=1S/C39H23N5/c1-3-12-24(13-4-1)37-40-38(25-14-5-2-6-15-25)42-39(41-37)44-33-21-10-8-17-27(33)30-22-31-29-19-11-18-28-26-16-7-9-20-32(26)43(36(28)29)34(31)23-35(30)44/h1-23H. The molecule has 0 aliphatic carbocycles. The maximum Gasteiger partial charge on any atom is 0.238 e. The first-order valence-electron chi connectivity index (χ1n) is 14.8. The molecule has 0 aliphatic heterocycles. The van der Waals surface area contributed by atoms with Gasteiger partial charge in [-0.1, -0.05) is 115 Å². The molecule has 0 spiro atoms. The topological polar surface area (TPSA) is 48.0 Å². The fourth-order valence-corrected chi connectivity index (χ4v) is 7.00. The molecule has 6 aromatic carbocycles. The van der Waals surface area contributed by atoms with Crippen molar-refractivity contribution in [3.63, 3.8) is 0 Å². The SMILES string of the molecule is c1ccc(-c2nc(-c3ccccc3)nc(-n3c4ccccc4c4cc5c6cccc7c8ccccc8n(c5cc43)c76)n2)cc1. The van der Waals surface area contributed by atoms with Crippen molar-refractivity contribution in [2.75, 3.05) is 0 Å². The van der Waals surface area contributed by atoms with Crippen LogP contribution in [0, 0.1) is 0 Å². The maximum absolute atomic E-state index is 5.12. The molecule has 0 N–H and O–H groups in total. The van der Waals surface area contributed by atoms with E-state index in [0.29, 0.717) is 17.6 Å². The summed E-state index contributed by atoms with van der Waals surface area (Å²) < 4.78 is 4.63. The average Bonchev–Trinajstić information content (AvgIpc) is 3.73. The Kier molecular flexibility index (Phi) is 4.66. The highest BCUT2D eigenvalue weighted by atomic mass is 15.2. The summed E-state index contributed by atoms with van der Waals surface area (Å²) >= 11 is 0. The van der Waals surface area contributed by atoms with E-state index in [-0.39, 0.29) is 0 Å². The second-order valence-corrected chi connectivity index (χ2v) is 11.3. The molecule has 10 rings (SSSR count). The van der Waals surface area contributed by atoms with E-state index < -0.39 is 0 Å². The van der Waals surface area contributed by atoms with Crippen LogP contribution in [0.25, 0.3) is 88.6 Å². The first kappa shape index (κ1) is 23.5. The van der Waals surface area contributed by atoms with E-state index in [4.69, 9.17) is 15.0 Å². The van der Waals surface area contributed by atoms with Crippen LogP contribution in [0.5, 0.6) is 0 Å². The van der Waals surface area contributed by atoms with Gasteiger partial charge in [-0.25, -0.2) is 4.98 Å². The van der Waals surface area contributed by atoms with E-state index in [0.717, 1.165) is 22.2 Å². The molecule has 0 aliphatic rings. The van der Waals surface area contributed by atoms with Crippen LogP contribution in [-0.2, 0) is 0 Å². The van der Waals surface area contributed by atoms with E-state index in [1.165, 1.54) is 48.9 Å². The zero-order valence-electron chi connectivity index (χ0n) is 23.5. The first-order valence-corrected chi connectivity index (χ1v) is 14.8. The number of fused-ring (bicyclic) bond motifs is 9. The van der Waals surface area contributed by atoms with Gasteiger partial charge in [0.1, 0.15) is 0 Å². The van der Waals surface area contributed by atoms with E-state index in [1.807, 2.05) is 60.7 Å². The molecule has 204 valence electrons. The van der Waals surface area contributed by atoms with Gasteiger partial charge in [-0.15, -0.1) is 0 Å². The van der Waals surface area contributed by atoms with Crippen LogP contribution >= 0.6 is 0 Å². The Balaban J connectivity index is 1.36. The minimum Gasteiger partial charge on any atom is -0.308 e. The van der Waals surface area contributed by atoms with Crippen molar-refractivity contribution < 1.29 is 0 Å². The number of aromatic nitrogens is 5. The minimum absolute atomic E-state index is 0.599. The van der Waals surface area contributed by atoms with Crippen molar-refractivity contribution in [3.05, 3.63) is 140 Å². The molecular formula is C39H23N5. The molecule has 5 nitrogen and oxygen atoms in total. The highest BCUT2D eigenvalue weighted by molar-refractivity contribution is 6.26. The third-order valence-electron chi connectivity index (χ3n) is 8.90. The second-order valence-electron chi connectivity index (χ2n) is 11.3. The number of para-hydroxylation sites is 3. The lowest BCUT2D eigenvalue weighted by molar-refractivity contribution is 0.953. The highest BCUT2D eigenvalue weighted by Crippen LogP contribution is 2.42. The summed E-state index contributed by atoms with van der Waals surface area (Å²) in [5.41, 5.74) is 7.69. The number of rotatable bonds is 3. The Morgan fingerprint density at radius 2 is 0.886 bits per heavy atom. The molecule has 0 saturated carbocycles. The van der Waals surface area contributed by atoms with Gasteiger partial charge in [0, 0.05) is 43.4 Å². The average molecular weight is 562 g/mol. The lowest BCUT2D eigenvalue weighted by Crippen LogP contribution is -2.06. The quantitative estimate of drug-likeness (QED) is 0.216. The number of hydrogen-bond donors (Lipinski definition) is 0. The van der Waals surface area contributed by atoms with Gasteiger partial charge in [-0.3, -0.25) is 4.57 Å². The van der Waals surface area contributed by atoms with E-state index in [2.05, 4.69) is 87.8 Å². The van der Waals surface area contributed by atoms with Crippen LogP contribution in [0.3, 0.4) is 0 Å². The number of nitrogens with zero attached hydrogens (tertiary/aromatic N) is 5. The van der Waals surface area contributed by atoms with Crippen molar-refractivity contribution >= 4 is 59.9 Å². The van der Waals surface area contributed by atoms with Crippen molar-refractivity contribution in [1.82, 2.24) is 23.9 Å². The molecule has 0 atom stereocenters. The van der Waals surface area contributed by atoms with Gasteiger partial charge in [0.2, 0.25) is 5.95 Å². The highest BCUT2D eigenvalue weighted by Gasteiger charge is 2.22. The third kappa shape index (κ3) is 3.15. The zero-order valence-corrected chi connectivity index (χ0v) is 23.5. The van der Waals surface area contributed by atoms with Gasteiger partial charge in [-0.05, 0) is 24.3 Å². The smallest absolute Gasteiger partial charge is 0.238 e. The molecule has 0 radical (unpaired) electrons. The van der Waals surface area contributed by atoms with Crippen molar-refractivity contribution in [1.29, 1.82) is 0 Å². The van der Waals surface area contributed by atoms with Crippen LogP contribution in [0.4, 0.5) is 0 Å². The normalized spacial score (nSPS) is 12.1. The molecular weight excluding hydrogens is 538 g/mol. The third-order valence-corrected chi connectivity index (χ3v) is 8.90. The largest absolute Gasteiger partial charge is 0.308 e. The predicted octanol–water partition coefficient (Wildman–Crippen LogP) is 9.45. The Hall–Kier alpha value is -6.07. The van der Waals surface area contributed by atoms with E-state index in [1.54, 1.807) is 0 Å². The molecule has 0 saturated heterocycles. The summed E-state index contributed by atoms with van der Waals surface area (Å²) in [5.74, 6) is 1.89. The monoisotopic (exact) mass is 561 g/mol. The summed E-state index contributed by atoms with van der Waals surface area (Å²) in [6, 6.07) is 48.9. The predicted molar refractivity (Wildman–Crippen MR) is 180 cm³/mol.